The minimum atomic E-state index is -1.00. The molecule has 35 heavy (non-hydrogen) atoms. The summed E-state index contributed by atoms with van der Waals surface area (Å²) in [5, 5.41) is 2.83. The van der Waals surface area contributed by atoms with Gasteiger partial charge in [0.15, 0.2) is 11.6 Å². The van der Waals surface area contributed by atoms with E-state index in [1.165, 1.54) is 24.3 Å². The highest BCUT2D eigenvalue weighted by Crippen LogP contribution is 2.36. The first-order valence-electron chi connectivity index (χ1n) is 11.0. The molecule has 178 valence electrons. The van der Waals surface area contributed by atoms with Gasteiger partial charge in [-0.2, -0.15) is 0 Å². The average Bonchev–Trinajstić information content (AvgIpc) is 2.83. The third-order valence-electron chi connectivity index (χ3n) is 5.12. The highest BCUT2D eigenvalue weighted by molar-refractivity contribution is 7.99. The number of thioether (sulfide) groups is 1. The summed E-state index contributed by atoms with van der Waals surface area (Å²) < 4.78 is 46.9. The second kappa shape index (κ2) is 11.1. The zero-order valence-electron chi connectivity index (χ0n) is 18.9. The van der Waals surface area contributed by atoms with Crippen LogP contribution in [-0.2, 0) is 11.2 Å². The molecule has 0 unspecified atom stereocenters. The molecule has 0 saturated carbocycles. The molecule has 0 aliphatic rings. The molecule has 3 nitrogen and oxygen atoms in total. The number of amides is 1. The fourth-order valence-corrected chi connectivity index (χ4v) is 4.17. The van der Waals surface area contributed by atoms with Gasteiger partial charge in [-0.3, -0.25) is 4.79 Å². The molecule has 4 aromatic carbocycles. The maximum atomic E-state index is 13.9. The van der Waals surface area contributed by atoms with Crippen LogP contribution in [0, 0.1) is 17.5 Å². The Bertz CT molecular complexity index is 1340. The quantitative estimate of drug-likeness (QED) is 0.254. The van der Waals surface area contributed by atoms with Gasteiger partial charge in [0.05, 0.1) is 6.42 Å². The number of carbonyl (C=O) groups is 1. The van der Waals surface area contributed by atoms with Crippen molar-refractivity contribution >= 4 is 23.4 Å². The van der Waals surface area contributed by atoms with Gasteiger partial charge in [0.2, 0.25) is 5.91 Å². The smallest absolute Gasteiger partial charge is 0.228 e. The highest BCUT2D eigenvalue weighted by atomic mass is 32.2. The lowest BCUT2D eigenvalue weighted by atomic mass is 10.0. The fourth-order valence-electron chi connectivity index (χ4n) is 3.50. The largest absolute Gasteiger partial charge is 0.457 e. The molecule has 1 N–H and O–H groups in total. The Morgan fingerprint density at radius 2 is 1.69 bits per heavy atom. The van der Waals surface area contributed by atoms with Crippen LogP contribution in [-0.4, -0.2) is 11.7 Å². The van der Waals surface area contributed by atoms with E-state index in [4.69, 9.17) is 4.74 Å². The van der Waals surface area contributed by atoms with Crippen molar-refractivity contribution in [3.63, 3.8) is 0 Å². The first-order chi connectivity index (χ1) is 16.9. The maximum Gasteiger partial charge on any atom is 0.228 e. The monoisotopic (exact) mass is 493 g/mol. The van der Waals surface area contributed by atoms with Gasteiger partial charge in [-0.25, -0.2) is 13.2 Å². The SMILES string of the molecule is CCSc1ccc(CC(=O)Nc2ccc(-c3ccc(F)c(F)c3)c(Oc3cccc(F)c3)c2)cc1. The van der Waals surface area contributed by atoms with Crippen molar-refractivity contribution in [3.05, 3.63) is 108 Å². The molecule has 0 bridgehead atoms. The van der Waals surface area contributed by atoms with E-state index in [0.717, 1.165) is 28.3 Å². The van der Waals surface area contributed by atoms with Crippen molar-refractivity contribution in [3.8, 4) is 22.6 Å². The summed E-state index contributed by atoms with van der Waals surface area (Å²) in [5.74, 6) is -1.22. The summed E-state index contributed by atoms with van der Waals surface area (Å²) in [7, 11) is 0. The van der Waals surface area contributed by atoms with Crippen LogP contribution in [0.25, 0.3) is 11.1 Å². The lowest BCUT2D eigenvalue weighted by Crippen LogP contribution is -2.14. The van der Waals surface area contributed by atoms with Crippen molar-refractivity contribution in [1.82, 2.24) is 0 Å². The highest BCUT2D eigenvalue weighted by Gasteiger charge is 2.14. The van der Waals surface area contributed by atoms with E-state index in [2.05, 4.69) is 12.2 Å². The van der Waals surface area contributed by atoms with E-state index in [1.54, 1.807) is 36.0 Å². The molecule has 0 heterocycles. The number of carbonyl (C=O) groups excluding carboxylic acids is 1. The van der Waals surface area contributed by atoms with Crippen LogP contribution in [0.3, 0.4) is 0 Å². The van der Waals surface area contributed by atoms with Gasteiger partial charge < -0.3 is 10.1 Å². The van der Waals surface area contributed by atoms with Crippen LogP contribution in [0.2, 0.25) is 0 Å². The topological polar surface area (TPSA) is 38.3 Å². The van der Waals surface area contributed by atoms with Crippen LogP contribution in [0.1, 0.15) is 12.5 Å². The van der Waals surface area contributed by atoms with Gasteiger partial charge in [-0.05, 0) is 65.4 Å². The Labute approximate surface area is 206 Å². The summed E-state index contributed by atoms with van der Waals surface area (Å²) in [6.07, 6.45) is 0.183. The van der Waals surface area contributed by atoms with Gasteiger partial charge >= 0.3 is 0 Å². The first kappa shape index (κ1) is 24.4. The Morgan fingerprint density at radius 3 is 2.40 bits per heavy atom. The Hall–Kier alpha value is -3.71. The van der Waals surface area contributed by atoms with Crippen molar-refractivity contribution in [2.45, 2.75) is 18.2 Å². The summed E-state index contributed by atoms with van der Waals surface area (Å²) in [5.41, 5.74) is 2.15. The van der Waals surface area contributed by atoms with Crippen LogP contribution >= 0.6 is 11.8 Å². The Kier molecular flexibility index (Phi) is 7.77. The van der Waals surface area contributed by atoms with E-state index in [-0.39, 0.29) is 23.8 Å². The predicted molar refractivity (Wildman–Crippen MR) is 133 cm³/mol. The third-order valence-corrected chi connectivity index (χ3v) is 6.01. The maximum absolute atomic E-state index is 13.9. The summed E-state index contributed by atoms with van der Waals surface area (Å²) in [6, 6.07) is 21.7. The van der Waals surface area contributed by atoms with Crippen molar-refractivity contribution in [2.75, 3.05) is 11.1 Å². The number of nitrogens with one attached hydrogen (secondary N) is 1. The fraction of sp³-hybridized carbons (Fsp3) is 0.107. The van der Waals surface area contributed by atoms with Crippen molar-refractivity contribution < 1.29 is 22.7 Å². The first-order valence-corrected chi connectivity index (χ1v) is 11.9. The van der Waals surface area contributed by atoms with Gasteiger partial charge in [0, 0.05) is 28.3 Å². The van der Waals surface area contributed by atoms with Crippen LogP contribution in [0.15, 0.2) is 89.8 Å². The van der Waals surface area contributed by atoms with Gasteiger partial charge in [-0.15, -0.1) is 11.8 Å². The van der Waals surface area contributed by atoms with E-state index in [0.29, 0.717) is 16.8 Å². The van der Waals surface area contributed by atoms with Crippen LogP contribution in [0.4, 0.5) is 18.9 Å². The Morgan fingerprint density at radius 1 is 0.886 bits per heavy atom. The molecule has 0 spiro atoms. The molecule has 0 aliphatic carbocycles. The molecule has 0 radical (unpaired) electrons. The summed E-state index contributed by atoms with van der Waals surface area (Å²) in [4.78, 5) is 13.8. The number of rotatable bonds is 8. The molecule has 1 amide bonds. The third kappa shape index (κ3) is 6.45. The molecule has 0 fully saturated rings. The lowest BCUT2D eigenvalue weighted by Gasteiger charge is -2.14. The lowest BCUT2D eigenvalue weighted by molar-refractivity contribution is -0.115. The number of hydrogen-bond donors (Lipinski definition) is 1. The van der Waals surface area contributed by atoms with Crippen molar-refractivity contribution in [2.24, 2.45) is 0 Å². The normalized spacial score (nSPS) is 10.7. The number of halogens is 3. The van der Waals surface area contributed by atoms with Crippen LogP contribution < -0.4 is 10.1 Å². The summed E-state index contributed by atoms with van der Waals surface area (Å²) in [6.45, 7) is 2.08. The molecule has 7 heteroatoms. The Balaban J connectivity index is 1.59. The van der Waals surface area contributed by atoms with E-state index in [9.17, 15) is 18.0 Å². The molecule has 0 aliphatic heterocycles. The number of ether oxygens (including phenoxy) is 1. The molecule has 0 saturated heterocycles. The van der Waals surface area contributed by atoms with E-state index >= 15 is 0 Å². The zero-order valence-corrected chi connectivity index (χ0v) is 19.7. The minimum Gasteiger partial charge on any atom is -0.457 e. The standard InChI is InChI=1S/C28H22F3NO2S/c1-2-35-23-10-6-18(7-11-23)14-28(33)32-21-9-12-24(19-8-13-25(30)26(31)15-19)27(17-21)34-22-5-3-4-20(29)16-22/h3-13,15-17H,2,14H2,1H3,(H,32,33). The minimum absolute atomic E-state index is 0.183. The second-order valence-corrected chi connectivity index (χ2v) is 9.04. The molecule has 0 aromatic heterocycles. The molecular formula is C28H22F3NO2S. The number of benzene rings is 4. The van der Waals surface area contributed by atoms with Gasteiger partial charge in [0.1, 0.15) is 17.3 Å². The van der Waals surface area contributed by atoms with Crippen LogP contribution in [0.5, 0.6) is 11.5 Å². The van der Waals surface area contributed by atoms with E-state index < -0.39 is 17.5 Å². The molecule has 4 rings (SSSR count). The predicted octanol–water partition coefficient (Wildman–Crippen LogP) is 7.86. The van der Waals surface area contributed by atoms with Gasteiger partial charge in [0.25, 0.3) is 0 Å². The number of anilines is 1. The van der Waals surface area contributed by atoms with Gasteiger partial charge in [-0.1, -0.05) is 31.2 Å². The molecule has 4 aromatic rings. The summed E-state index contributed by atoms with van der Waals surface area (Å²) >= 11 is 1.73. The number of hydrogen-bond acceptors (Lipinski definition) is 3. The average molecular weight is 494 g/mol. The second-order valence-electron chi connectivity index (χ2n) is 7.70. The molecular weight excluding hydrogens is 471 g/mol. The van der Waals surface area contributed by atoms with E-state index in [1.807, 2.05) is 24.3 Å². The van der Waals surface area contributed by atoms with Crippen molar-refractivity contribution in [1.29, 1.82) is 0 Å². The zero-order chi connectivity index (χ0) is 24.8. The molecule has 0 atom stereocenters.